The molecule has 1 atom stereocenters. The van der Waals surface area contributed by atoms with Crippen LogP contribution in [-0.4, -0.2) is 37.6 Å². The van der Waals surface area contributed by atoms with E-state index in [2.05, 4.69) is 42.8 Å². The van der Waals surface area contributed by atoms with Gasteiger partial charge < -0.3 is 15.5 Å². The maximum absolute atomic E-state index is 6.11. The first-order valence-corrected chi connectivity index (χ1v) is 6.39. The number of anilines is 2. The number of hydrogen-bond donors (Lipinski definition) is 1. The number of nitrogen functional groups attached to an aromatic ring is 1. The third-order valence-corrected chi connectivity index (χ3v) is 3.54. The highest BCUT2D eigenvalue weighted by atomic mass is 15.2. The Kier molecular flexibility index (Phi) is 3.57. The molecule has 0 amide bonds. The van der Waals surface area contributed by atoms with Crippen molar-refractivity contribution in [1.82, 2.24) is 4.90 Å². The molecule has 17 heavy (non-hydrogen) atoms. The van der Waals surface area contributed by atoms with Gasteiger partial charge in [0, 0.05) is 19.1 Å². The standard InChI is InChI=1S/C14H23N3/c1-11-5-6-13(15)14(9-11)17-8-4-7-16(3)10-12(17)2/h5-6,9,12H,4,7-8,10,15H2,1-3H3. The number of hydrogen-bond acceptors (Lipinski definition) is 3. The van der Waals surface area contributed by atoms with Crippen molar-refractivity contribution in [3.8, 4) is 0 Å². The lowest BCUT2D eigenvalue weighted by molar-refractivity contribution is 0.337. The highest BCUT2D eigenvalue weighted by molar-refractivity contribution is 5.69. The zero-order valence-electron chi connectivity index (χ0n) is 11.1. The van der Waals surface area contributed by atoms with E-state index in [-0.39, 0.29) is 0 Å². The van der Waals surface area contributed by atoms with Crippen molar-refractivity contribution >= 4 is 11.4 Å². The summed E-state index contributed by atoms with van der Waals surface area (Å²) in [6, 6.07) is 6.82. The van der Waals surface area contributed by atoms with Crippen LogP contribution in [0.5, 0.6) is 0 Å². The number of rotatable bonds is 1. The molecule has 3 heteroatoms. The third-order valence-electron chi connectivity index (χ3n) is 3.54. The van der Waals surface area contributed by atoms with E-state index in [1.54, 1.807) is 0 Å². The molecule has 94 valence electrons. The fraction of sp³-hybridized carbons (Fsp3) is 0.571. The molecule has 1 aromatic carbocycles. The predicted molar refractivity (Wildman–Crippen MR) is 74.5 cm³/mol. The maximum atomic E-state index is 6.11. The van der Waals surface area contributed by atoms with Crippen molar-refractivity contribution in [2.75, 3.05) is 37.3 Å². The Hall–Kier alpha value is -1.22. The minimum atomic E-state index is 0.520. The highest BCUT2D eigenvalue weighted by Crippen LogP contribution is 2.27. The van der Waals surface area contributed by atoms with Crippen LogP contribution in [0.1, 0.15) is 18.9 Å². The molecule has 3 nitrogen and oxygen atoms in total. The second-order valence-electron chi connectivity index (χ2n) is 5.22. The normalized spacial score (nSPS) is 22.5. The maximum Gasteiger partial charge on any atom is 0.0605 e. The average Bonchev–Trinajstić information content (AvgIpc) is 2.43. The molecule has 0 bridgehead atoms. The smallest absolute Gasteiger partial charge is 0.0605 e. The largest absolute Gasteiger partial charge is 0.397 e. The summed E-state index contributed by atoms with van der Waals surface area (Å²) in [5, 5.41) is 0. The van der Waals surface area contributed by atoms with Crippen LogP contribution in [0.4, 0.5) is 11.4 Å². The minimum absolute atomic E-state index is 0.520. The molecular weight excluding hydrogens is 210 g/mol. The molecule has 1 aromatic rings. The predicted octanol–water partition coefficient (Wildman–Crippen LogP) is 2.11. The van der Waals surface area contributed by atoms with Gasteiger partial charge in [-0.15, -0.1) is 0 Å². The Labute approximate surface area is 104 Å². The lowest BCUT2D eigenvalue weighted by Crippen LogP contribution is -2.38. The summed E-state index contributed by atoms with van der Waals surface area (Å²) in [5.74, 6) is 0. The topological polar surface area (TPSA) is 32.5 Å². The molecule has 0 radical (unpaired) electrons. The zero-order chi connectivity index (χ0) is 12.4. The van der Waals surface area contributed by atoms with Crippen molar-refractivity contribution in [3.05, 3.63) is 23.8 Å². The second kappa shape index (κ2) is 4.96. The van der Waals surface area contributed by atoms with Crippen LogP contribution in [0.2, 0.25) is 0 Å². The Balaban J connectivity index is 2.28. The quantitative estimate of drug-likeness (QED) is 0.754. The Morgan fingerprint density at radius 3 is 2.82 bits per heavy atom. The lowest BCUT2D eigenvalue weighted by Gasteiger charge is -2.31. The molecule has 0 spiro atoms. The van der Waals surface area contributed by atoms with Crippen molar-refractivity contribution < 1.29 is 0 Å². The number of benzene rings is 1. The molecule has 1 heterocycles. The van der Waals surface area contributed by atoms with Gasteiger partial charge in [-0.1, -0.05) is 6.07 Å². The molecule has 0 aliphatic carbocycles. The summed E-state index contributed by atoms with van der Waals surface area (Å²) >= 11 is 0. The van der Waals surface area contributed by atoms with Crippen LogP contribution in [0.15, 0.2) is 18.2 Å². The van der Waals surface area contributed by atoms with Gasteiger partial charge in [0.05, 0.1) is 11.4 Å². The number of aryl methyl sites for hydroxylation is 1. The van der Waals surface area contributed by atoms with Crippen LogP contribution in [0.3, 0.4) is 0 Å². The Morgan fingerprint density at radius 2 is 2.06 bits per heavy atom. The van der Waals surface area contributed by atoms with E-state index in [1.165, 1.54) is 24.2 Å². The van der Waals surface area contributed by atoms with E-state index in [4.69, 9.17) is 5.73 Å². The van der Waals surface area contributed by atoms with Gasteiger partial charge in [0.15, 0.2) is 0 Å². The van der Waals surface area contributed by atoms with Gasteiger partial charge in [0.2, 0.25) is 0 Å². The molecule has 1 saturated heterocycles. The molecule has 0 saturated carbocycles. The minimum Gasteiger partial charge on any atom is -0.397 e. The van der Waals surface area contributed by atoms with Gasteiger partial charge in [0.1, 0.15) is 0 Å². The Morgan fingerprint density at radius 1 is 1.29 bits per heavy atom. The summed E-state index contributed by atoms with van der Waals surface area (Å²) in [6.45, 7) is 7.78. The first-order chi connectivity index (χ1) is 8.08. The van der Waals surface area contributed by atoms with E-state index in [9.17, 15) is 0 Å². The fourth-order valence-electron chi connectivity index (χ4n) is 2.63. The molecule has 1 fully saturated rings. The first-order valence-electron chi connectivity index (χ1n) is 6.39. The number of likely N-dealkylation sites (N-methyl/N-ethyl adjacent to an activating group) is 1. The summed E-state index contributed by atoms with van der Waals surface area (Å²) in [7, 11) is 2.19. The molecular formula is C14H23N3. The average molecular weight is 233 g/mol. The van der Waals surface area contributed by atoms with Crippen LogP contribution in [-0.2, 0) is 0 Å². The van der Waals surface area contributed by atoms with Crippen LogP contribution in [0.25, 0.3) is 0 Å². The number of nitrogens with zero attached hydrogens (tertiary/aromatic N) is 2. The van der Waals surface area contributed by atoms with Crippen LogP contribution >= 0.6 is 0 Å². The van der Waals surface area contributed by atoms with Crippen molar-refractivity contribution in [3.63, 3.8) is 0 Å². The van der Waals surface area contributed by atoms with Crippen molar-refractivity contribution in [2.24, 2.45) is 0 Å². The number of nitrogens with two attached hydrogens (primary N) is 1. The molecule has 1 unspecified atom stereocenters. The van der Waals surface area contributed by atoms with Crippen LogP contribution < -0.4 is 10.6 Å². The second-order valence-corrected chi connectivity index (χ2v) is 5.22. The fourth-order valence-corrected chi connectivity index (χ4v) is 2.63. The van der Waals surface area contributed by atoms with Gasteiger partial charge >= 0.3 is 0 Å². The van der Waals surface area contributed by atoms with Gasteiger partial charge in [-0.25, -0.2) is 0 Å². The summed E-state index contributed by atoms with van der Waals surface area (Å²) in [5.41, 5.74) is 9.49. The SMILES string of the molecule is Cc1ccc(N)c(N2CCCN(C)CC2C)c1. The van der Waals surface area contributed by atoms with Gasteiger partial charge in [0.25, 0.3) is 0 Å². The summed E-state index contributed by atoms with van der Waals surface area (Å²) < 4.78 is 0. The van der Waals surface area contributed by atoms with Gasteiger partial charge in [-0.05, 0) is 51.6 Å². The van der Waals surface area contributed by atoms with E-state index in [1.807, 2.05) is 6.07 Å². The van der Waals surface area contributed by atoms with E-state index >= 15 is 0 Å². The van der Waals surface area contributed by atoms with Crippen LogP contribution in [0, 0.1) is 6.92 Å². The van der Waals surface area contributed by atoms with Crippen molar-refractivity contribution in [1.29, 1.82) is 0 Å². The van der Waals surface area contributed by atoms with E-state index < -0.39 is 0 Å². The Bertz CT molecular complexity index is 389. The molecule has 1 aliphatic heterocycles. The van der Waals surface area contributed by atoms with Gasteiger partial charge in [-0.3, -0.25) is 0 Å². The van der Waals surface area contributed by atoms with Crippen molar-refractivity contribution in [2.45, 2.75) is 26.3 Å². The van der Waals surface area contributed by atoms with E-state index in [0.29, 0.717) is 6.04 Å². The molecule has 1 aliphatic rings. The van der Waals surface area contributed by atoms with E-state index in [0.717, 1.165) is 18.8 Å². The monoisotopic (exact) mass is 233 g/mol. The third kappa shape index (κ3) is 2.72. The molecule has 2 N–H and O–H groups in total. The van der Waals surface area contributed by atoms with Gasteiger partial charge in [-0.2, -0.15) is 0 Å². The highest BCUT2D eigenvalue weighted by Gasteiger charge is 2.21. The summed E-state index contributed by atoms with van der Waals surface area (Å²) in [4.78, 5) is 4.85. The lowest BCUT2D eigenvalue weighted by atomic mass is 10.1. The molecule has 0 aromatic heterocycles. The first kappa shape index (κ1) is 12.2. The summed E-state index contributed by atoms with van der Waals surface area (Å²) in [6.07, 6.45) is 1.20. The zero-order valence-corrected chi connectivity index (χ0v) is 11.1. The molecule has 2 rings (SSSR count).